The number of tetrazole rings is 1. The van der Waals surface area contributed by atoms with Crippen LogP contribution in [-0.4, -0.2) is 41.8 Å². The zero-order valence-corrected chi connectivity index (χ0v) is 17.5. The lowest BCUT2D eigenvalue weighted by Crippen LogP contribution is -2.17. The van der Waals surface area contributed by atoms with Gasteiger partial charge in [-0.2, -0.15) is 4.68 Å². The van der Waals surface area contributed by atoms with E-state index >= 15 is 0 Å². The van der Waals surface area contributed by atoms with Crippen LogP contribution in [0.5, 0.6) is 0 Å². The maximum atomic E-state index is 12.5. The number of carbonyl (C=O) groups excluding carboxylic acids is 1. The topological polar surface area (TPSA) is 118 Å². The third kappa shape index (κ3) is 3.91. The lowest BCUT2D eigenvalue weighted by atomic mass is 10.2. The van der Waals surface area contributed by atoms with Crippen LogP contribution in [0, 0.1) is 20.8 Å². The molecular formula is C18H17N7O2S2. The first kappa shape index (κ1) is 19.3. The number of hydrogen-bond donors (Lipinski definition) is 2. The third-order valence-electron chi connectivity index (χ3n) is 4.30. The van der Waals surface area contributed by atoms with E-state index < -0.39 is 0 Å². The Kier molecular flexibility index (Phi) is 5.16. The van der Waals surface area contributed by atoms with Crippen LogP contribution in [0.25, 0.3) is 16.0 Å². The van der Waals surface area contributed by atoms with E-state index in [9.17, 15) is 9.59 Å². The summed E-state index contributed by atoms with van der Waals surface area (Å²) in [5.41, 5.74) is 4.59. The first-order chi connectivity index (χ1) is 13.9. The smallest absolute Gasteiger partial charge is 0.306 e. The Bertz CT molecular complexity index is 1260. The minimum absolute atomic E-state index is 0.131. The summed E-state index contributed by atoms with van der Waals surface area (Å²) in [4.78, 5) is 31.0. The molecular weight excluding hydrogens is 410 g/mol. The standard InChI is InChI=1S/C18H17N7O2S2/c1-9-4-6-12(7-5-9)25-17(22-23-24-25)28-8-13(26)20-14-10(2)15-16(19-11(14)3)21-18(27)29-15/h4-7H,8H2,1-3H3,(H,20,26)(H,19,21,27). The summed E-state index contributed by atoms with van der Waals surface area (Å²) in [5, 5.41) is 15.2. The average Bonchev–Trinajstić information content (AvgIpc) is 3.30. The second-order valence-electron chi connectivity index (χ2n) is 6.44. The Morgan fingerprint density at radius 2 is 2.00 bits per heavy atom. The van der Waals surface area contributed by atoms with E-state index in [-0.39, 0.29) is 16.5 Å². The maximum Gasteiger partial charge on any atom is 0.306 e. The molecule has 2 N–H and O–H groups in total. The number of thiazole rings is 1. The van der Waals surface area contributed by atoms with Gasteiger partial charge in [0.2, 0.25) is 11.1 Å². The number of fused-ring (bicyclic) bond motifs is 1. The largest absolute Gasteiger partial charge is 0.324 e. The normalized spacial score (nSPS) is 11.1. The molecule has 1 aromatic carbocycles. The highest BCUT2D eigenvalue weighted by molar-refractivity contribution is 7.99. The van der Waals surface area contributed by atoms with Crippen molar-refractivity contribution < 1.29 is 4.79 Å². The van der Waals surface area contributed by atoms with Gasteiger partial charge in [0, 0.05) is 0 Å². The number of nitrogens with zero attached hydrogens (tertiary/aromatic N) is 5. The van der Waals surface area contributed by atoms with Gasteiger partial charge in [-0.25, -0.2) is 4.98 Å². The fourth-order valence-corrected chi connectivity index (χ4v) is 4.34. The van der Waals surface area contributed by atoms with Crippen LogP contribution >= 0.6 is 23.1 Å². The van der Waals surface area contributed by atoms with Crippen LogP contribution in [0.4, 0.5) is 5.69 Å². The number of thioether (sulfide) groups is 1. The molecule has 0 aliphatic rings. The van der Waals surface area contributed by atoms with Crippen molar-refractivity contribution in [3.05, 3.63) is 50.8 Å². The molecule has 0 spiro atoms. The van der Waals surface area contributed by atoms with Crippen molar-refractivity contribution in [2.24, 2.45) is 0 Å². The van der Waals surface area contributed by atoms with E-state index in [0.717, 1.165) is 32.9 Å². The van der Waals surface area contributed by atoms with Crippen molar-refractivity contribution in [1.29, 1.82) is 0 Å². The van der Waals surface area contributed by atoms with Crippen LogP contribution in [0.15, 0.2) is 34.2 Å². The highest BCUT2D eigenvalue weighted by Gasteiger charge is 2.16. The summed E-state index contributed by atoms with van der Waals surface area (Å²) in [6.45, 7) is 5.66. The fourth-order valence-electron chi connectivity index (χ4n) is 2.87. The van der Waals surface area contributed by atoms with Gasteiger partial charge < -0.3 is 5.32 Å². The summed E-state index contributed by atoms with van der Waals surface area (Å²) in [5.74, 6) is -0.0734. The molecule has 0 aliphatic carbocycles. The van der Waals surface area contributed by atoms with Crippen molar-refractivity contribution in [3.8, 4) is 5.69 Å². The van der Waals surface area contributed by atoms with Crippen molar-refractivity contribution in [2.45, 2.75) is 25.9 Å². The lowest BCUT2D eigenvalue weighted by molar-refractivity contribution is -0.113. The van der Waals surface area contributed by atoms with Crippen LogP contribution in [0.3, 0.4) is 0 Å². The van der Waals surface area contributed by atoms with E-state index in [0.29, 0.717) is 22.2 Å². The fraction of sp³-hybridized carbons (Fsp3) is 0.222. The van der Waals surface area contributed by atoms with Crippen LogP contribution in [-0.2, 0) is 4.79 Å². The molecule has 0 radical (unpaired) electrons. The van der Waals surface area contributed by atoms with Gasteiger partial charge in [-0.15, -0.1) is 5.10 Å². The summed E-state index contributed by atoms with van der Waals surface area (Å²) in [6.07, 6.45) is 0. The molecule has 1 amide bonds. The minimum Gasteiger partial charge on any atom is -0.324 e. The van der Waals surface area contributed by atoms with E-state index in [4.69, 9.17) is 0 Å². The molecule has 3 aromatic heterocycles. The molecule has 4 rings (SSSR count). The predicted molar refractivity (Wildman–Crippen MR) is 113 cm³/mol. The summed E-state index contributed by atoms with van der Waals surface area (Å²) < 4.78 is 2.34. The number of nitrogens with one attached hydrogen (secondary N) is 2. The minimum atomic E-state index is -0.205. The monoisotopic (exact) mass is 427 g/mol. The molecule has 3 heterocycles. The van der Waals surface area contributed by atoms with Gasteiger partial charge in [-0.05, 0) is 48.9 Å². The first-order valence-electron chi connectivity index (χ1n) is 8.70. The van der Waals surface area contributed by atoms with Gasteiger partial charge in [0.15, 0.2) is 5.65 Å². The molecule has 0 atom stereocenters. The maximum absolute atomic E-state index is 12.5. The number of hydrogen-bond acceptors (Lipinski definition) is 8. The van der Waals surface area contributed by atoms with Gasteiger partial charge in [0.25, 0.3) is 0 Å². The van der Waals surface area contributed by atoms with Crippen LogP contribution in [0.1, 0.15) is 16.8 Å². The number of anilines is 1. The van der Waals surface area contributed by atoms with Gasteiger partial charge in [-0.3, -0.25) is 14.6 Å². The molecule has 0 fully saturated rings. The Morgan fingerprint density at radius 1 is 1.24 bits per heavy atom. The van der Waals surface area contributed by atoms with Gasteiger partial charge in [0.1, 0.15) is 0 Å². The first-order valence-corrected chi connectivity index (χ1v) is 10.5. The van der Waals surface area contributed by atoms with Gasteiger partial charge in [-0.1, -0.05) is 40.8 Å². The molecule has 29 heavy (non-hydrogen) atoms. The second kappa shape index (κ2) is 7.76. The SMILES string of the molecule is Cc1ccc(-n2nnnc2SCC(=O)Nc2c(C)nc3[nH]c(=O)sc3c2C)cc1. The van der Waals surface area contributed by atoms with Crippen molar-refractivity contribution in [1.82, 2.24) is 30.2 Å². The van der Waals surface area contributed by atoms with Crippen LogP contribution in [0.2, 0.25) is 0 Å². The molecule has 0 saturated carbocycles. The van der Waals surface area contributed by atoms with Crippen molar-refractivity contribution >= 4 is 45.0 Å². The molecule has 0 aliphatic heterocycles. The molecule has 148 valence electrons. The number of aromatic amines is 1. The number of H-pyrrole nitrogens is 1. The van der Waals surface area contributed by atoms with Crippen molar-refractivity contribution in [2.75, 3.05) is 11.1 Å². The summed E-state index contributed by atoms with van der Waals surface area (Å²) in [6, 6.07) is 7.79. The number of aromatic nitrogens is 6. The molecule has 0 unspecified atom stereocenters. The lowest BCUT2D eigenvalue weighted by Gasteiger charge is -2.11. The Morgan fingerprint density at radius 3 is 2.76 bits per heavy atom. The average molecular weight is 428 g/mol. The molecule has 4 aromatic rings. The Hall–Kier alpha value is -3.05. The van der Waals surface area contributed by atoms with E-state index in [2.05, 4.69) is 30.8 Å². The summed E-state index contributed by atoms with van der Waals surface area (Å²) in [7, 11) is 0. The zero-order valence-electron chi connectivity index (χ0n) is 15.9. The number of rotatable bonds is 5. The molecule has 9 nitrogen and oxygen atoms in total. The molecule has 0 bridgehead atoms. The summed E-state index contributed by atoms with van der Waals surface area (Å²) >= 11 is 2.32. The van der Waals surface area contributed by atoms with E-state index in [1.807, 2.05) is 38.1 Å². The Balaban J connectivity index is 1.49. The number of amides is 1. The highest BCUT2D eigenvalue weighted by Crippen LogP contribution is 2.28. The number of benzene rings is 1. The highest BCUT2D eigenvalue weighted by atomic mass is 32.2. The van der Waals surface area contributed by atoms with E-state index in [1.165, 1.54) is 11.8 Å². The number of carbonyl (C=O) groups is 1. The quantitative estimate of drug-likeness (QED) is 0.470. The second-order valence-corrected chi connectivity index (χ2v) is 8.36. The predicted octanol–water partition coefficient (Wildman–Crippen LogP) is 2.62. The van der Waals surface area contributed by atoms with Gasteiger partial charge in [0.05, 0.1) is 27.5 Å². The Labute approximate surface area is 173 Å². The zero-order chi connectivity index (χ0) is 20.5. The number of aryl methyl sites for hydroxylation is 3. The van der Waals surface area contributed by atoms with E-state index in [1.54, 1.807) is 11.6 Å². The van der Waals surface area contributed by atoms with Crippen molar-refractivity contribution in [3.63, 3.8) is 0 Å². The van der Waals surface area contributed by atoms with Crippen LogP contribution < -0.4 is 10.2 Å². The third-order valence-corrected chi connectivity index (χ3v) is 6.21. The molecule has 11 heteroatoms. The number of pyridine rings is 1. The molecule has 0 saturated heterocycles. The van der Waals surface area contributed by atoms with Gasteiger partial charge >= 0.3 is 4.87 Å².